The molecule has 2 aromatic rings. The third-order valence-corrected chi connectivity index (χ3v) is 5.59. The Morgan fingerprint density at radius 2 is 1.90 bits per heavy atom. The van der Waals surface area contributed by atoms with Crippen LogP contribution in [0.2, 0.25) is 0 Å². The summed E-state index contributed by atoms with van der Waals surface area (Å²) in [5.41, 5.74) is 1.78. The fourth-order valence-electron chi connectivity index (χ4n) is 3.91. The Morgan fingerprint density at radius 3 is 2.63 bits per heavy atom. The third kappa shape index (κ3) is 4.62. The number of ether oxygens (including phenoxy) is 1. The van der Waals surface area contributed by atoms with Gasteiger partial charge in [-0.2, -0.15) is 0 Å². The number of hydrogen-bond acceptors (Lipinski definition) is 3. The molecule has 30 heavy (non-hydrogen) atoms. The average molecular weight is 411 g/mol. The van der Waals surface area contributed by atoms with Crippen molar-refractivity contribution in [2.45, 2.75) is 31.9 Å². The van der Waals surface area contributed by atoms with Crippen LogP contribution in [-0.2, 0) is 11.3 Å². The lowest BCUT2D eigenvalue weighted by molar-refractivity contribution is 0.0858. The van der Waals surface area contributed by atoms with Crippen LogP contribution in [0, 0.1) is 5.82 Å². The molecule has 6 nitrogen and oxygen atoms in total. The maximum Gasteiger partial charge on any atom is 0.324 e. The minimum absolute atomic E-state index is 0.0969. The highest BCUT2D eigenvalue weighted by Gasteiger charge is 2.27. The maximum absolute atomic E-state index is 14.0. The van der Waals surface area contributed by atoms with Crippen molar-refractivity contribution in [3.05, 3.63) is 65.5 Å². The van der Waals surface area contributed by atoms with Crippen LogP contribution in [0.4, 0.5) is 14.9 Å². The molecule has 3 amide bonds. The number of carbonyl (C=O) groups is 2. The van der Waals surface area contributed by atoms with Gasteiger partial charge in [0.05, 0.1) is 12.6 Å². The molecule has 2 aromatic carbocycles. The molecule has 2 fully saturated rings. The Morgan fingerprint density at radius 1 is 1.10 bits per heavy atom. The van der Waals surface area contributed by atoms with Gasteiger partial charge >= 0.3 is 6.03 Å². The standard InChI is InChI=1S/C23H26FN3O3/c24-21-7-2-1-5-18(21)16-26-12-4-13-27(23(26)29)19-10-8-17(9-11-19)22(28)25-15-20-6-3-14-30-20/h1-2,5,7-11,20H,3-4,6,12-16H2,(H,25,28)/t20-/m1/s1. The Balaban J connectivity index is 1.38. The number of benzene rings is 2. The minimum atomic E-state index is -0.305. The molecule has 0 spiro atoms. The van der Waals surface area contributed by atoms with E-state index in [1.807, 2.05) is 0 Å². The number of hydrogen-bond donors (Lipinski definition) is 1. The number of halogens is 1. The van der Waals surface area contributed by atoms with Crippen molar-refractivity contribution < 1.29 is 18.7 Å². The van der Waals surface area contributed by atoms with Gasteiger partial charge in [-0.05, 0) is 49.6 Å². The van der Waals surface area contributed by atoms with E-state index in [1.165, 1.54) is 6.07 Å². The second-order valence-electron chi connectivity index (χ2n) is 7.69. The number of urea groups is 1. The monoisotopic (exact) mass is 411 g/mol. The van der Waals surface area contributed by atoms with Crippen molar-refractivity contribution in [3.63, 3.8) is 0 Å². The Bertz CT molecular complexity index is 897. The molecule has 2 heterocycles. The van der Waals surface area contributed by atoms with Gasteiger partial charge in [0.25, 0.3) is 5.91 Å². The van der Waals surface area contributed by atoms with Crippen LogP contribution >= 0.6 is 0 Å². The summed E-state index contributed by atoms with van der Waals surface area (Å²) in [7, 11) is 0. The van der Waals surface area contributed by atoms with Crippen molar-refractivity contribution in [3.8, 4) is 0 Å². The molecule has 0 bridgehead atoms. The maximum atomic E-state index is 14.0. The molecular formula is C23H26FN3O3. The number of rotatable bonds is 6. The van der Waals surface area contributed by atoms with Gasteiger partial charge in [-0.15, -0.1) is 0 Å². The van der Waals surface area contributed by atoms with Gasteiger partial charge in [0, 0.05) is 43.1 Å². The SMILES string of the molecule is O=C(NC[C@H]1CCCO1)c1ccc(N2CCCN(Cc3ccccc3F)C2=O)cc1. The normalized spacial score (nSPS) is 19.2. The van der Waals surface area contributed by atoms with Crippen LogP contribution in [0.15, 0.2) is 48.5 Å². The third-order valence-electron chi connectivity index (χ3n) is 5.59. The molecule has 0 saturated carbocycles. The van der Waals surface area contributed by atoms with Crippen LogP contribution in [0.3, 0.4) is 0 Å². The molecule has 2 saturated heterocycles. The highest BCUT2D eigenvalue weighted by molar-refractivity contribution is 5.96. The van der Waals surface area contributed by atoms with E-state index in [-0.39, 0.29) is 30.4 Å². The number of carbonyl (C=O) groups excluding carboxylic acids is 2. The van der Waals surface area contributed by atoms with Crippen molar-refractivity contribution >= 4 is 17.6 Å². The van der Waals surface area contributed by atoms with Crippen LogP contribution in [0.5, 0.6) is 0 Å². The van der Waals surface area contributed by atoms with E-state index >= 15 is 0 Å². The van der Waals surface area contributed by atoms with E-state index in [1.54, 1.807) is 52.3 Å². The van der Waals surface area contributed by atoms with Crippen LogP contribution < -0.4 is 10.2 Å². The van der Waals surface area contributed by atoms with Crippen LogP contribution in [0.25, 0.3) is 0 Å². The van der Waals surface area contributed by atoms with Crippen molar-refractivity contribution in [2.24, 2.45) is 0 Å². The van der Waals surface area contributed by atoms with E-state index in [9.17, 15) is 14.0 Å². The lowest BCUT2D eigenvalue weighted by Crippen LogP contribution is -2.49. The Kier molecular flexibility index (Phi) is 6.28. The van der Waals surface area contributed by atoms with E-state index < -0.39 is 0 Å². The lowest BCUT2D eigenvalue weighted by atomic mass is 10.1. The number of nitrogens with zero attached hydrogens (tertiary/aromatic N) is 2. The van der Waals surface area contributed by atoms with Crippen molar-refractivity contribution in [1.29, 1.82) is 0 Å². The smallest absolute Gasteiger partial charge is 0.324 e. The lowest BCUT2D eigenvalue weighted by Gasteiger charge is -2.35. The summed E-state index contributed by atoms with van der Waals surface area (Å²) in [6.07, 6.45) is 2.90. The molecule has 158 valence electrons. The molecule has 4 rings (SSSR count). The van der Waals surface area contributed by atoms with E-state index in [4.69, 9.17) is 4.74 Å². The summed E-state index contributed by atoms with van der Waals surface area (Å²) < 4.78 is 19.5. The minimum Gasteiger partial charge on any atom is -0.376 e. The fourth-order valence-corrected chi connectivity index (χ4v) is 3.91. The topological polar surface area (TPSA) is 61.9 Å². The molecule has 0 radical (unpaired) electrons. The molecule has 0 aliphatic carbocycles. The van der Waals surface area contributed by atoms with E-state index in [2.05, 4.69) is 5.32 Å². The van der Waals surface area contributed by atoms with Gasteiger partial charge in [-0.3, -0.25) is 9.69 Å². The van der Waals surface area contributed by atoms with E-state index in [0.29, 0.717) is 30.8 Å². The fraction of sp³-hybridized carbons (Fsp3) is 0.391. The average Bonchev–Trinajstić information content (AvgIpc) is 3.29. The zero-order valence-electron chi connectivity index (χ0n) is 16.9. The van der Waals surface area contributed by atoms with Gasteiger partial charge in [0.2, 0.25) is 0 Å². The second kappa shape index (κ2) is 9.26. The summed E-state index contributed by atoms with van der Waals surface area (Å²) in [5, 5.41) is 2.90. The molecular weight excluding hydrogens is 385 g/mol. The zero-order valence-corrected chi connectivity index (χ0v) is 16.9. The molecule has 7 heteroatoms. The first-order valence-corrected chi connectivity index (χ1v) is 10.4. The molecule has 1 atom stereocenters. The number of anilines is 1. The molecule has 2 aliphatic heterocycles. The second-order valence-corrected chi connectivity index (χ2v) is 7.69. The Hall–Kier alpha value is -2.93. The summed E-state index contributed by atoms with van der Waals surface area (Å²) in [6, 6.07) is 13.4. The highest BCUT2D eigenvalue weighted by Crippen LogP contribution is 2.23. The van der Waals surface area contributed by atoms with E-state index in [0.717, 1.165) is 31.6 Å². The van der Waals surface area contributed by atoms with Crippen LogP contribution in [-0.4, -0.2) is 49.2 Å². The van der Waals surface area contributed by atoms with Crippen LogP contribution in [0.1, 0.15) is 35.2 Å². The van der Waals surface area contributed by atoms with Crippen molar-refractivity contribution in [2.75, 3.05) is 31.1 Å². The van der Waals surface area contributed by atoms with Gasteiger partial charge < -0.3 is 15.0 Å². The summed E-state index contributed by atoms with van der Waals surface area (Å²) in [5.74, 6) is -0.455. The molecule has 2 aliphatic rings. The predicted octanol–water partition coefficient (Wildman–Crippen LogP) is 3.57. The quantitative estimate of drug-likeness (QED) is 0.791. The number of nitrogens with one attached hydrogen (secondary N) is 1. The summed E-state index contributed by atoms with van der Waals surface area (Å²) >= 11 is 0. The van der Waals surface area contributed by atoms with Gasteiger partial charge in [-0.1, -0.05) is 18.2 Å². The molecule has 1 N–H and O–H groups in total. The highest BCUT2D eigenvalue weighted by atomic mass is 19.1. The first kappa shape index (κ1) is 20.3. The summed E-state index contributed by atoms with van der Waals surface area (Å²) in [4.78, 5) is 28.6. The first-order chi connectivity index (χ1) is 14.6. The summed E-state index contributed by atoms with van der Waals surface area (Å²) in [6.45, 7) is 2.69. The predicted molar refractivity (Wildman–Crippen MR) is 112 cm³/mol. The molecule has 0 unspecified atom stereocenters. The van der Waals surface area contributed by atoms with Gasteiger partial charge in [0.15, 0.2) is 0 Å². The Labute approximate surface area is 175 Å². The number of amides is 3. The largest absolute Gasteiger partial charge is 0.376 e. The zero-order chi connectivity index (χ0) is 20.9. The van der Waals surface area contributed by atoms with Crippen molar-refractivity contribution in [1.82, 2.24) is 10.2 Å². The van der Waals surface area contributed by atoms with Gasteiger partial charge in [-0.25, -0.2) is 9.18 Å². The first-order valence-electron chi connectivity index (χ1n) is 10.4. The van der Waals surface area contributed by atoms with Gasteiger partial charge in [0.1, 0.15) is 5.82 Å². The molecule has 0 aromatic heterocycles.